The number of hydrogen-bond donors (Lipinski definition) is 0. The first-order chi connectivity index (χ1) is 19.8. The maximum absolute atomic E-state index is 14.1. The fourth-order valence-electron chi connectivity index (χ4n) is 6.78. The molecule has 2 bridgehead atoms. The molecule has 214 valence electrons. The van der Waals surface area contributed by atoms with Crippen LogP contribution in [0.1, 0.15) is 93.6 Å². The minimum atomic E-state index is -3.07. The molecule has 0 spiro atoms. The van der Waals surface area contributed by atoms with E-state index < -0.39 is 9.84 Å². The zero-order valence-corrected chi connectivity index (χ0v) is 23.7. The van der Waals surface area contributed by atoms with Crippen LogP contribution in [-0.4, -0.2) is 52.7 Å². The van der Waals surface area contributed by atoms with E-state index in [2.05, 4.69) is 20.3 Å². The van der Waals surface area contributed by atoms with E-state index in [1.807, 2.05) is 29.2 Å². The SMILES string of the molecule is O=C(C1CCS(=O)(=O)CC1)N(CC12CCC(c3nc(C4CC4)no3)=C(C1)C2)c1cccc(-c2nc(C3CC3)no2)c1. The van der Waals surface area contributed by atoms with E-state index >= 15 is 0 Å². The van der Waals surface area contributed by atoms with Crippen LogP contribution >= 0.6 is 0 Å². The fourth-order valence-corrected chi connectivity index (χ4v) is 8.27. The highest BCUT2D eigenvalue weighted by Crippen LogP contribution is 2.58. The van der Waals surface area contributed by atoms with Crippen LogP contribution in [0, 0.1) is 11.3 Å². The summed E-state index contributed by atoms with van der Waals surface area (Å²) in [6, 6.07) is 7.77. The van der Waals surface area contributed by atoms with Gasteiger partial charge in [0.15, 0.2) is 11.6 Å². The summed E-state index contributed by atoms with van der Waals surface area (Å²) in [5, 5.41) is 8.37. The second-order valence-corrected chi connectivity index (χ2v) is 15.1. The van der Waals surface area contributed by atoms with Crippen molar-refractivity contribution in [1.82, 2.24) is 20.3 Å². The molecule has 3 heterocycles. The van der Waals surface area contributed by atoms with Gasteiger partial charge in [0.05, 0.1) is 11.5 Å². The Bertz CT molecular complexity index is 1640. The van der Waals surface area contributed by atoms with Crippen molar-refractivity contribution in [1.29, 1.82) is 0 Å². The van der Waals surface area contributed by atoms with Crippen molar-refractivity contribution in [3.63, 3.8) is 0 Å². The topological polar surface area (TPSA) is 132 Å². The van der Waals surface area contributed by atoms with Gasteiger partial charge in [-0.3, -0.25) is 4.79 Å². The van der Waals surface area contributed by atoms with Gasteiger partial charge in [-0.15, -0.1) is 0 Å². The first-order valence-corrected chi connectivity index (χ1v) is 16.7. The van der Waals surface area contributed by atoms with Crippen LogP contribution < -0.4 is 4.90 Å². The molecule has 0 radical (unpaired) electrons. The van der Waals surface area contributed by atoms with Gasteiger partial charge >= 0.3 is 0 Å². The van der Waals surface area contributed by atoms with Crippen molar-refractivity contribution in [3.8, 4) is 11.5 Å². The van der Waals surface area contributed by atoms with Gasteiger partial charge in [-0.2, -0.15) is 9.97 Å². The first-order valence-electron chi connectivity index (χ1n) is 14.9. The van der Waals surface area contributed by atoms with Crippen LogP contribution in [0.5, 0.6) is 0 Å². The monoisotopic (exact) mass is 575 g/mol. The average molecular weight is 576 g/mol. The number of allylic oxidation sites excluding steroid dienone is 2. The molecule has 10 nitrogen and oxygen atoms in total. The lowest BCUT2D eigenvalue weighted by molar-refractivity contribution is -0.123. The Morgan fingerprint density at radius 2 is 1.59 bits per heavy atom. The van der Waals surface area contributed by atoms with Gasteiger partial charge < -0.3 is 13.9 Å². The quantitative estimate of drug-likeness (QED) is 0.361. The zero-order chi connectivity index (χ0) is 27.8. The average Bonchev–Trinajstić information content (AvgIpc) is 3.90. The van der Waals surface area contributed by atoms with Gasteiger partial charge in [-0.05, 0) is 87.8 Å². The largest absolute Gasteiger partial charge is 0.334 e. The predicted octanol–water partition coefficient (Wildman–Crippen LogP) is 5.06. The van der Waals surface area contributed by atoms with Gasteiger partial charge in [0.1, 0.15) is 9.84 Å². The maximum atomic E-state index is 14.1. The van der Waals surface area contributed by atoms with Crippen LogP contribution in [0.2, 0.25) is 0 Å². The summed E-state index contributed by atoms with van der Waals surface area (Å²) in [6.45, 7) is 0.587. The molecule has 1 amide bonds. The summed E-state index contributed by atoms with van der Waals surface area (Å²) in [4.78, 5) is 25.3. The molecular weight excluding hydrogens is 542 g/mol. The normalized spacial score (nSPS) is 23.3. The van der Waals surface area contributed by atoms with E-state index in [0.717, 1.165) is 74.3 Å². The Morgan fingerprint density at radius 3 is 2.22 bits per heavy atom. The van der Waals surface area contributed by atoms with Crippen LogP contribution in [0.15, 0.2) is 38.9 Å². The molecule has 1 aliphatic heterocycles. The molecule has 2 aromatic heterocycles. The van der Waals surface area contributed by atoms with Gasteiger partial charge in [0, 0.05) is 41.1 Å². The molecule has 9 rings (SSSR count). The second kappa shape index (κ2) is 9.34. The van der Waals surface area contributed by atoms with Crippen molar-refractivity contribution in [2.45, 2.75) is 76.0 Å². The smallest absolute Gasteiger partial charge is 0.258 e. The van der Waals surface area contributed by atoms with Crippen molar-refractivity contribution < 1.29 is 22.3 Å². The second-order valence-electron chi connectivity index (χ2n) is 12.8. The number of fused-ring (bicyclic) bond motifs is 2. The Kier molecular flexibility index (Phi) is 5.78. The van der Waals surface area contributed by atoms with E-state index in [-0.39, 0.29) is 28.7 Å². The molecule has 4 fully saturated rings. The number of nitrogens with zero attached hydrogens (tertiary/aromatic N) is 5. The predicted molar refractivity (Wildman–Crippen MR) is 150 cm³/mol. The van der Waals surface area contributed by atoms with Crippen LogP contribution in [0.25, 0.3) is 17.0 Å². The summed E-state index contributed by atoms with van der Waals surface area (Å²) in [5.41, 5.74) is 4.09. The van der Waals surface area contributed by atoms with Crippen molar-refractivity contribution >= 4 is 27.0 Å². The third-order valence-corrected chi connectivity index (χ3v) is 11.3. The van der Waals surface area contributed by atoms with Crippen LogP contribution in [0.3, 0.4) is 0 Å². The lowest BCUT2D eigenvalue weighted by Crippen LogP contribution is -2.50. The summed E-state index contributed by atoms with van der Waals surface area (Å²) in [7, 11) is -3.07. The standard InChI is InChI=1S/C30H33N5O5S/c36-29(20-9-12-41(37,38)13-10-20)35(23-3-1-2-21(14-23)27-31-25(33-39-27)18-4-5-18)17-30-11-8-24(22(15-30)16-30)28-32-26(34-40-28)19-6-7-19/h1-3,14,18-20H,4-13,15-17H2. The molecule has 41 heavy (non-hydrogen) atoms. The minimum absolute atomic E-state index is 0.00447. The zero-order valence-electron chi connectivity index (χ0n) is 22.9. The number of amides is 1. The number of carbonyl (C=O) groups excluding carboxylic acids is 1. The molecule has 0 unspecified atom stereocenters. The molecule has 0 atom stereocenters. The molecule has 3 aromatic rings. The lowest BCUT2D eigenvalue weighted by Gasteiger charge is -2.51. The van der Waals surface area contributed by atoms with Gasteiger partial charge in [0.25, 0.3) is 11.8 Å². The Morgan fingerprint density at radius 1 is 0.927 bits per heavy atom. The van der Waals surface area contributed by atoms with E-state index in [1.54, 1.807) is 0 Å². The molecule has 11 heteroatoms. The Labute approximate surface area is 238 Å². The molecule has 3 saturated carbocycles. The Balaban J connectivity index is 1.07. The summed E-state index contributed by atoms with van der Waals surface area (Å²) in [5.74, 6) is 3.39. The van der Waals surface area contributed by atoms with Crippen molar-refractivity contribution in [2.24, 2.45) is 11.3 Å². The van der Waals surface area contributed by atoms with Crippen LogP contribution in [-0.2, 0) is 14.6 Å². The lowest BCUT2D eigenvalue weighted by atomic mass is 9.57. The molecule has 6 aliphatic rings. The van der Waals surface area contributed by atoms with E-state index in [4.69, 9.17) is 9.05 Å². The molecule has 1 saturated heterocycles. The number of anilines is 1. The highest BCUT2D eigenvalue weighted by Gasteiger charge is 2.49. The van der Waals surface area contributed by atoms with Gasteiger partial charge in [0.2, 0.25) is 5.91 Å². The molecule has 5 aliphatic carbocycles. The van der Waals surface area contributed by atoms with Crippen molar-refractivity contribution in [3.05, 3.63) is 47.4 Å². The number of benzene rings is 1. The fraction of sp³-hybridized carbons (Fsp3) is 0.567. The van der Waals surface area contributed by atoms with E-state index in [9.17, 15) is 13.2 Å². The third-order valence-electron chi connectivity index (χ3n) is 9.60. The molecule has 1 aromatic carbocycles. The summed E-state index contributed by atoms with van der Waals surface area (Å²) >= 11 is 0. The molecular formula is C30H33N5O5S. The maximum Gasteiger partial charge on any atom is 0.258 e. The Hall–Kier alpha value is -3.34. The summed E-state index contributed by atoms with van der Waals surface area (Å²) < 4.78 is 35.4. The number of carbonyl (C=O) groups is 1. The highest BCUT2D eigenvalue weighted by atomic mass is 32.2. The van der Waals surface area contributed by atoms with Gasteiger partial charge in [-0.25, -0.2) is 8.42 Å². The number of hydrogen-bond acceptors (Lipinski definition) is 9. The first kappa shape index (κ1) is 25.4. The summed E-state index contributed by atoms with van der Waals surface area (Å²) in [6.07, 6.45) is 8.80. The number of sulfone groups is 1. The highest BCUT2D eigenvalue weighted by molar-refractivity contribution is 7.91. The minimum Gasteiger partial charge on any atom is -0.334 e. The van der Waals surface area contributed by atoms with Crippen LogP contribution in [0.4, 0.5) is 5.69 Å². The number of rotatable bonds is 8. The number of aromatic nitrogens is 4. The van der Waals surface area contributed by atoms with E-state index in [1.165, 1.54) is 11.1 Å². The third kappa shape index (κ3) is 4.81. The van der Waals surface area contributed by atoms with E-state index in [0.29, 0.717) is 43.0 Å². The molecule has 0 N–H and O–H groups in total. The van der Waals surface area contributed by atoms with Crippen molar-refractivity contribution in [2.75, 3.05) is 23.0 Å². The van der Waals surface area contributed by atoms with Gasteiger partial charge in [-0.1, -0.05) is 22.0 Å².